The molecule has 0 radical (unpaired) electrons. The fraction of sp³-hybridized carbons (Fsp3) is 0. The summed E-state index contributed by atoms with van der Waals surface area (Å²) in [6.45, 7) is 0. The molecule has 0 aliphatic heterocycles. The van der Waals surface area contributed by atoms with Gasteiger partial charge in [-0.15, -0.1) is 0 Å². The number of fused-ring (bicyclic) bond motifs is 5. The van der Waals surface area contributed by atoms with Gasteiger partial charge in [0, 0.05) is 21.5 Å². The molecular weight excluding hydrogens is 320 g/mol. The van der Waals surface area contributed by atoms with E-state index in [-0.39, 0.29) is 11.5 Å². The first-order valence-electron chi connectivity index (χ1n) is 8.67. The Hall–Kier alpha value is -3.52. The van der Waals surface area contributed by atoms with Gasteiger partial charge < -0.3 is 10.2 Å². The summed E-state index contributed by atoms with van der Waals surface area (Å²) >= 11 is 0. The summed E-state index contributed by atoms with van der Waals surface area (Å²) in [4.78, 5) is 0. The molecule has 2 heteroatoms. The maximum absolute atomic E-state index is 10.8. The van der Waals surface area contributed by atoms with Crippen molar-refractivity contribution in [1.82, 2.24) is 0 Å². The lowest BCUT2D eigenvalue weighted by Gasteiger charge is -2.18. The van der Waals surface area contributed by atoms with Gasteiger partial charge in [-0.3, -0.25) is 0 Å². The Morgan fingerprint density at radius 3 is 1.77 bits per heavy atom. The normalized spacial score (nSPS) is 12.2. The van der Waals surface area contributed by atoms with Crippen LogP contribution in [0.3, 0.4) is 0 Å². The Labute approximate surface area is 148 Å². The molecule has 6 rings (SSSR count). The molecule has 0 heterocycles. The third kappa shape index (κ3) is 1.48. The number of hydrogen-bond acceptors (Lipinski definition) is 2. The van der Waals surface area contributed by atoms with Crippen LogP contribution < -0.4 is 0 Å². The number of phenolic OH excluding ortho intramolecular Hbond substituents is 2. The third-order valence-corrected chi connectivity index (χ3v) is 5.58. The summed E-state index contributed by atoms with van der Waals surface area (Å²) in [6.07, 6.45) is 0. The molecular formula is C24H14O2. The quantitative estimate of drug-likeness (QED) is 0.194. The van der Waals surface area contributed by atoms with E-state index < -0.39 is 0 Å². The van der Waals surface area contributed by atoms with E-state index in [1.165, 1.54) is 5.39 Å². The summed E-state index contributed by atoms with van der Waals surface area (Å²) in [5.41, 5.74) is 0. The highest BCUT2D eigenvalue weighted by molar-refractivity contribution is 6.40. The number of aromatic hydroxyl groups is 2. The number of rotatable bonds is 0. The molecule has 0 saturated carbocycles. The van der Waals surface area contributed by atoms with Crippen molar-refractivity contribution in [3.05, 3.63) is 72.8 Å². The van der Waals surface area contributed by atoms with Gasteiger partial charge >= 0.3 is 0 Å². The lowest BCUT2D eigenvalue weighted by molar-refractivity contribution is 0.412. The van der Waals surface area contributed by atoms with E-state index >= 15 is 0 Å². The van der Waals surface area contributed by atoms with E-state index in [2.05, 4.69) is 36.4 Å². The largest absolute Gasteiger partial charge is 0.504 e. The summed E-state index contributed by atoms with van der Waals surface area (Å²) in [5.74, 6) is -0.0917. The number of phenols is 2. The molecule has 0 amide bonds. The third-order valence-electron chi connectivity index (χ3n) is 5.58. The highest BCUT2D eigenvalue weighted by atomic mass is 16.3. The molecule has 2 nitrogen and oxygen atoms in total. The van der Waals surface area contributed by atoms with Crippen LogP contribution in [0, 0.1) is 0 Å². The minimum Gasteiger partial charge on any atom is -0.504 e. The molecule has 0 bridgehead atoms. The Kier molecular flexibility index (Phi) is 2.41. The lowest BCUT2D eigenvalue weighted by atomic mass is 9.86. The molecule has 2 N–H and O–H groups in total. The van der Waals surface area contributed by atoms with Crippen molar-refractivity contribution >= 4 is 53.9 Å². The second-order valence-electron chi connectivity index (χ2n) is 6.87. The van der Waals surface area contributed by atoms with Gasteiger partial charge in [0.15, 0.2) is 11.5 Å². The van der Waals surface area contributed by atoms with Gasteiger partial charge in [0.05, 0.1) is 0 Å². The fourth-order valence-electron chi connectivity index (χ4n) is 4.51. The van der Waals surface area contributed by atoms with Crippen LogP contribution in [0.4, 0.5) is 0 Å². The average Bonchev–Trinajstić information content (AvgIpc) is 2.70. The van der Waals surface area contributed by atoms with E-state index in [4.69, 9.17) is 0 Å². The van der Waals surface area contributed by atoms with Crippen molar-refractivity contribution in [3.63, 3.8) is 0 Å². The number of hydrogen-bond donors (Lipinski definition) is 2. The molecule has 0 aliphatic rings. The second-order valence-corrected chi connectivity index (χ2v) is 6.87. The molecule has 0 fully saturated rings. The van der Waals surface area contributed by atoms with Crippen molar-refractivity contribution in [2.45, 2.75) is 0 Å². The molecule has 0 atom stereocenters. The maximum atomic E-state index is 10.8. The van der Waals surface area contributed by atoms with Crippen LogP contribution in [0.15, 0.2) is 72.8 Å². The highest BCUT2D eigenvalue weighted by Gasteiger charge is 2.20. The maximum Gasteiger partial charge on any atom is 0.166 e. The molecule has 0 aliphatic carbocycles. The average molecular weight is 334 g/mol. The first-order chi connectivity index (χ1) is 12.8. The lowest BCUT2D eigenvalue weighted by Crippen LogP contribution is -1.90. The van der Waals surface area contributed by atoms with Gasteiger partial charge in [0.25, 0.3) is 0 Å². The summed E-state index contributed by atoms with van der Waals surface area (Å²) in [5, 5.41) is 31.6. The van der Waals surface area contributed by atoms with Crippen molar-refractivity contribution in [3.8, 4) is 11.5 Å². The zero-order valence-electron chi connectivity index (χ0n) is 13.8. The van der Waals surface area contributed by atoms with E-state index in [0.717, 1.165) is 37.7 Å². The minimum absolute atomic E-state index is 0.0453. The zero-order valence-corrected chi connectivity index (χ0v) is 13.8. The minimum atomic E-state index is -0.0463. The van der Waals surface area contributed by atoms with Crippen LogP contribution in [-0.2, 0) is 0 Å². The van der Waals surface area contributed by atoms with Gasteiger partial charge in [-0.05, 0) is 38.4 Å². The molecule has 0 unspecified atom stereocenters. The first kappa shape index (κ1) is 13.7. The van der Waals surface area contributed by atoms with Crippen LogP contribution in [0.5, 0.6) is 11.5 Å². The molecule has 6 aromatic carbocycles. The summed E-state index contributed by atoms with van der Waals surface area (Å²) in [6, 6.07) is 24.5. The Bertz CT molecular complexity index is 1490. The van der Waals surface area contributed by atoms with Crippen molar-refractivity contribution in [2.75, 3.05) is 0 Å². The topological polar surface area (TPSA) is 40.5 Å². The van der Waals surface area contributed by atoms with Gasteiger partial charge in [-0.1, -0.05) is 66.7 Å². The molecule has 26 heavy (non-hydrogen) atoms. The van der Waals surface area contributed by atoms with Crippen LogP contribution in [-0.4, -0.2) is 10.2 Å². The standard InChI is InChI=1S/C24H14O2/c25-23-18-11-5-10-17-15-8-3-4-9-16(15)20-14-7-2-1-6-13(14)12-19(24(23)26)22(20)21(17)18/h1-12,25-26H. The highest BCUT2D eigenvalue weighted by Crippen LogP contribution is 2.50. The van der Waals surface area contributed by atoms with Crippen molar-refractivity contribution in [2.24, 2.45) is 0 Å². The van der Waals surface area contributed by atoms with Crippen molar-refractivity contribution < 1.29 is 10.2 Å². The predicted octanol–water partition coefficient (Wildman–Crippen LogP) is 6.30. The van der Waals surface area contributed by atoms with Crippen LogP contribution in [0.25, 0.3) is 53.9 Å². The summed E-state index contributed by atoms with van der Waals surface area (Å²) in [7, 11) is 0. The number of benzene rings is 6. The van der Waals surface area contributed by atoms with Gasteiger partial charge in [0.1, 0.15) is 0 Å². The fourth-order valence-corrected chi connectivity index (χ4v) is 4.51. The summed E-state index contributed by atoms with van der Waals surface area (Å²) < 4.78 is 0. The van der Waals surface area contributed by atoms with Crippen LogP contribution in [0.1, 0.15) is 0 Å². The molecule has 6 aromatic rings. The monoisotopic (exact) mass is 334 g/mol. The Balaban J connectivity index is 2.16. The molecule has 0 spiro atoms. The Morgan fingerprint density at radius 1 is 0.423 bits per heavy atom. The van der Waals surface area contributed by atoms with E-state index in [1.807, 2.05) is 36.4 Å². The van der Waals surface area contributed by atoms with Gasteiger partial charge in [-0.2, -0.15) is 0 Å². The van der Waals surface area contributed by atoms with Crippen LogP contribution in [0.2, 0.25) is 0 Å². The molecule has 0 saturated heterocycles. The van der Waals surface area contributed by atoms with Crippen molar-refractivity contribution in [1.29, 1.82) is 0 Å². The Morgan fingerprint density at radius 2 is 0.962 bits per heavy atom. The van der Waals surface area contributed by atoms with E-state index in [1.54, 1.807) is 0 Å². The van der Waals surface area contributed by atoms with Gasteiger partial charge in [0.2, 0.25) is 0 Å². The van der Waals surface area contributed by atoms with E-state index in [9.17, 15) is 10.2 Å². The smallest absolute Gasteiger partial charge is 0.166 e. The zero-order chi connectivity index (χ0) is 17.4. The van der Waals surface area contributed by atoms with Crippen LogP contribution >= 0.6 is 0 Å². The first-order valence-corrected chi connectivity index (χ1v) is 8.67. The van der Waals surface area contributed by atoms with Gasteiger partial charge in [-0.25, -0.2) is 0 Å². The molecule has 122 valence electrons. The predicted molar refractivity (Wildman–Crippen MR) is 108 cm³/mol. The molecule has 0 aromatic heterocycles. The SMILES string of the molecule is Oc1c(O)c2cc3ccccc3c3c4ccccc4c4cccc1c4c23. The second kappa shape index (κ2) is 4.55. The van der Waals surface area contributed by atoms with E-state index in [0.29, 0.717) is 10.8 Å².